The molecule has 0 radical (unpaired) electrons. The monoisotopic (exact) mass is 368 g/mol. The molecule has 7 nitrogen and oxygen atoms in total. The van der Waals surface area contributed by atoms with Crippen LogP contribution in [-0.4, -0.2) is 40.5 Å². The highest BCUT2D eigenvalue weighted by Crippen LogP contribution is 2.54. The first kappa shape index (κ1) is 17.4. The van der Waals surface area contributed by atoms with Crippen molar-refractivity contribution in [3.8, 4) is 0 Å². The van der Waals surface area contributed by atoms with E-state index in [0.717, 1.165) is 31.3 Å². The number of fused-ring (bicyclic) bond motifs is 1. The molecule has 1 aliphatic heterocycles. The number of halogens is 1. The van der Waals surface area contributed by atoms with Gasteiger partial charge in [0, 0.05) is 38.1 Å². The summed E-state index contributed by atoms with van der Waals surface area (Å²) in [6.07, 6.45) is 8.72. The summed E-state index contributed by atoms with van der Waals surface area (Å²) in [6, 6.07) is 3.72. The van der Waals surface area contributed by atoms with Gasteiger partial charge in [0.05, 0.1) is 6.20 Å². The summed E-state index contributed by atoms with van der Waals surface area (Å²) in [5, 5.41) is 2.92. The van der Waals surface area contributed by atoms with Crippen LogP contribution in [0.2, 0.25) is 0 Å². The zero-order valence-electron chi connectivity index (χ0n) is 14.8. The summed E-state index contributed by atoms with van der Waals surface area (Å²) in [6.45, 7) is 2.19. The molecule has 2 aromatic heterocycles. The highest BCUT2D eigenvalue weighted by atomic mass is 19.1. The number of piperidine rings is 1. The highest BCUT2D eigenvalue weighted by Gasteiger charge is 2.55. The molecule has 1 amide bonds. The maximum atomic E-state index is 13.9. The maximum Gasteiger partial charge on any atom is 0.244 e. The Bertz CT molecular complexity index is 847. The number of pyridine rings is 1. The Morgan fingerprint density at radius 2 is 2.19 bits per heavy atom. The van der Waals surface area contributed by atoms with Crippen LogP contribution in [0.5, 0.6) is 0 Å². The minimum atomic E-state index is -0.435. The van der Waals surface area contributed by atoms with E-state index in [1.807, 2.05) is 17.0 Å². The molecule has 8 heteroatoms. The third-order valence-electron chi connectivity index (χ3n) is 5.30. The fraction of sp³-hybridized carbons (Fsp3) is 0.368. The smallest absolute Gasteiger partial charge is 0.244 e. The highest BCUT2D eigenvalue weighted by molar-refractivity contribution is 5.91. The van der Waals surface area contributed by atoms with Gasteiger partial charge in [-0.25, -0.2) is 9.37 Å². The molecule has 0 unspecified atom stereocenters. The van der Waals surface area contributed by atoms with E-state index in [9.17, 15) is 9.18 Å². The Balaban J connectivity index is 1.20. The van der Waals surface area contributed by atoms with Crippen LogP contribution in [0.4, 0.5) is 16.2 Å². The zero-order chi connectivity index (χ0) is 18.8. The number of nitrogens with one attached hydrogen (secondary N) is 1. The molecule has 3 N–H and O–H groups in total. The summed E-state index contributed by atoms with van der Waals surface area (Å²) in [5.74, 6) is 1.48. The van der Waals surface area contributed by atoms with Crippen molar-refractivity contribution < 1.29 is 9.18 Å². The van der Waals surface area contributed by atoms with Crippen molar-refractivity contribution in [3.63, 3.8) is 0 Å². The van der Waals surface area contributed by atoms with Gasteiger partial charge in [-0.3, -0.25) is 9.78 Å². The van der Waals surface area contributed by atoms with Crippen molar-refractivity contribution in [3.05, 3.63) is 48.2 Å². The number of rotatable bonds is 6. The van der Waals surface area contributed by atoms with Crippen LogP contribution >= 0.6 is 0 Å². The number of nitrogen functional groups attached to an aromatic ring is 1. The number of hydrogen-bond donors (Lipinski definition) is 2. The van der Waals surface area contributed by atoms with E-state index in [4.69, 9.17) is 5.73 Å². The van der Waals surface area contributed by atoms with Crippen molar-refractivity contribution in [2.75, 3.05) is 30.3 Å². The molecule has 2 aromatic rings. The van der Waals surface area contributed by atoms with E-state index < -0.39 is 5.82 Å². The van der Waals surface area contributed by atoms with Crippen molar-refractivity contribution in [2.45, 2.75) is 6.42 Å². The lowest BCUT2D eigenvalue weighted by molar-refractivity contribution is -0.116. The van der Waals surface area contributed by atoms with Gasteiger partial charge in [-0.2, -0.15) is 4.98 Å². The number of nitrogens with zero attached hydrogens (tertiary/aromatic N) is 4. The van der Waals surface area contributed by atoms with E-state index in [1.165, 1.54) is 6.08 Å². The Hall–Kier alpha value is -3.03. The second-order valence-corrected chi connectivity index (χ2v) is 7.00. The molecule has 0 aromatic carbocycles. The lowest BCUT2D eigenvalue weighted by Gasteiger charge is -2.21. The molecule has 0 spiro atoms. The SMILES string of the molecule is Nc1ncc(F)c(N2C[C@@H]3[C@@H](CCNC(=O)/C=C/c4cccnc4)[C@@H]3C2)n1. The van der Waals surface area contributed by atoms with Crippen LogP contribution in [0.1, 0.15) is 12.0 Å². The van der Waals surface area contributed by atoms with Gasteiger partial charge in [0.15, 0.2) is 11.6 Å². The predicted molar refractivity (Wildman–Crippen MR) is 100.0 cm³/mol. The largest absolute Gasteiger partial charge is 0.368 e. The van der Waals surface area contributed by atoms with Gasteiger partial charge >= 0.3 is 0 Å². The fourth-order valence-electron chi connectivity index (χ4n) is 3.91. The van der Waals surface area contributed by atoms with Crippen LogP contribution in [0, 0.1) is 23.6 Å². The normalized spacial score (nSPS) is 23.4. The Morgan fingerprint density at radius 1 is 1.37 bits per heavy atom. The molecule has 1 saturated carbocycles. The molecular formula is C19H21FN6O. The predicted octanol–water partition coefficient (Wildman–Crippen LogP) is 1.49. The van der Waals surface area contributed by atoms with Gasteiger partial charge in [0.2, 0.25) is 11.9 Å². The summed E-state index contributed by atoms with van der Waals surface area (Å²) >= 11 is 0. The van der Waals surface area contributed by atoms with E-state index in [1.54, 1.807) is 18.5 Å². The molecule has 2 aliphatic rings. The first-order chi connectivity index (χ1) is 13.1. The van der Waals surface area contributed by atoms with Gasteiger partial charge in [-0.15, -0.1) is 0 Å². The zero-order valence-corrected chi connectivity index (χ0v) is 14.8. The Kier molecular flexibility index (Phi) is 4.70. The number of hydrogen-bond acceptors (Lipinski definition) is 6. The second kappa shape index (κ2) is 7.30. The van der Waals surface area contributed by atoms with Gasteiger partial charge in [-0.1, -0.05) is 6.07 Å². The van der Waals surface area contributed by atoms with E-state index in [2.05, 4.69) is 20.3 Å². The standard InChI is InChI=1S/C19H21FN6O/c20-16-9-24-19(21)25-18(16)26-10-14-13(15(14)11-26)5-7-23-17(27)4-3-12-2-1-6-22-8-12/h1-4,6,8-9,13-15H,5,7,10-11H2,(H,23,27)(H2,21,24,25)/b4-3+/t13-,14-,15+. The summed E-state index contributed by atoms with van der Waals surface area (Å²) < 4.78 is 13.9. The summed E-state index contributed by atoms with van der Waals surface area (Å²) in [7, 11) is 0. The molecule has 2 fully saturated rings. The molecule has 27 heavy (non-hydrogen) atoms. The van der Waals surface area contributed by atoms with Crippen molar-refractivity contribution in [1.82, 2.24) is 20.3 Å². The van der Waals surface area contributed by atoms with E-state index in [-0.39, 0.29) is 11.9 Å². The maximum absolute atomic E-state index is 13.9. The number of aromatic nitrogens is 3. The van der Waals surface area contributed by atoms with E-state index in [0.29, 0.717) is 30.1 Å². The van der Waals surface area contributed by atoms with Crippen molar-refractivity contribution >= 4 is 23.7 Å². The number of nitrogens with two attached hydrogens (primary N) is 1. The molecule has 0 bridgehead atoms. The van der Waals surface area contributed by atoms with Crippen molar-refractivity contribution in [1.29, 1.82) is 0 Å². The Labute approximate surface area is 156 Å². The topological polar surface area (TPSA) is 97.0 Å². The summed E-state index contributed by atoms with van der Waals surface area (Å²) in [5.41, 5.74) is 6.45. The lowest BCUT2D eigenvalue weighted by Crippen LogP contribution is -2.28. The number of amides is 1. The lowest BCUT2D eigenvalue weighted by atomic mass is 10.2. The average molecular weight is 368 g/mol. The van der Waals surface area contributed by atoms with Gasteiger partial charge in [0.1, 0.15) is 0 Å². The Morgan fingerprint density at radius 3 is 2.93 bits per heavy atom. The average Bonchev–Trinajstić information content (AvgIpc) is 3.12. The number of carbonyl (C=O) groups is 1. The summed E-state index contributed by atoms with van der Waals surface area (Å²) in [4.78, 5) is 25.5. The minimum absolute atomic E-state index is 0.0885. The number of carbonyl (C=O) groups excluding carboxylic acids is 1. The molecular weight excluding hydrogens is 347 g/mol. The minimum Gasteiger partial charge on any atom is -0.368 e. The van der Waals surface area contributed by atoms with Crippen LogP contribution in [-0.2, 0) is 4.79 Å². The van der Waals surface area contributed by atoms with Crippen LogP contribution in [0.3, 0.4) is 0 Å². The molecule has 140 valence electrons. The van der Waals surface area contributed by atoms with E-state index >= 15 is 0 Å². The van der Waals surface area contributed by atoms with Crippen LogP contribution in [0.25, 0.3) is 6.08 Å². The molecule has 1 aliphatic carbocycles. The van der Waals surface area contributed by atoms with Gasteiger partial charge in [-0.05, 0) is 41.9 Å². The van der Waals surface area contributed by atoms with Crippen molar-refractivity contribution in [2.24, 2.45) is 17.8 Å². The first-order valence-electron chi connectivity index (χ1n) is 9.00. The van der Waals surface area contributed by atoms with Gasteiger partial charge < -0.3 is 16.0 Å². The molecule has 3 heterocycles. The van der Waals surface area contributed by atoms with Gasteiger partial charge in [0.25, 0.3) is 0 Å². The first-order valence-corrected chi connectivity index (χ1v) is 9.00. The van der Waals surface area contributed by atoms with Crippen LogP contribution in [0.15, 0.2) is 36.8 Å². The molecule has 1 saturated heterocycles. The second-order valence-electron chi connectivity index (χ2n) is 7.00. The van der Waals surface area contributed by atoms with Crippen LogP contribution < -0.4 is 16.0 Å². The third kappa shape index (κ3) is 3.89. The third-order valence-corrected chi connectivity index (χ3v) is 5.30. The molecule has 4 rings (SSSR count). The quantitative estimate of drug-likeness (QED) is 0.750. The fourth-order valence-corrected chi connectivity index (χ4v) is 3.91. The molecule has 3 atom stereocenters. The number of anilines is 2.